The first-order valence-electron chi connectivity index (χ1n) is 10.4. The molecule has 0 aliphatic heterocycles. The zero-order valence-corrected chi connectivity index (χ0v) is 19.1. The fourth-order valence-electron chi connectivity index (χ4n) is 3.66. The Hall–Kier alpha value is -3.97. The summed E-state index contributed by atoms with van der Waals surface area (Å²) in [4.78, 5) is 38.9. The largest absolute Gasteiger partial charge is 0.448 e. The third kappa shape index (κ3) is 4.56. The summed E-state index contributed by atoms with van der Waals surface area (Å²) in [6.45, 7) is 1.41. The molecule has 1 atom stereocenters. The van der Waals surface area contributed by atoms with E-state index in [-0.39, 0.29) is 11.3 Å². The number of nitrogens with zero attached hydrogens (tertiary/aromatic N) is 1. The standard InChI is InChI=1S/C26H20ClFN2O4/c1-15(24(31)29-19-13-11-18(28)12-14-19)34-26(33)23-22(16-7-9-17(27)10-8-16)20-5-3-4-6-21(20)25(32)30(23)2/h3-15H,1-2H3,(H,29,31). The first kappa shape index (κ1) is 23.2. The molecule has 1 unspecified atom stereocenters. The van der Waals surface area contributed by atoms with Gasteiger partial charge in [-0.15, -0.1) is 0 Å². The molecule has 0 saturated carbocycles. The highest BCUT2D eigenvalue weighted by atomic mass is 35.5. The second-order valence-electron chi connectivity index (χ2n) is 7.68. The van der Waals surface area contributed by atoms with Crippen molar-refractivity contribution in [3.05, 3.63) is 99.7 Å². The number of hydrogen-bond donors (Lipinski definition) is 1. The van der Waals surface area contributed by atoms with Gasteiger partial charge in [-0.25, -0.2) is 9.18 Å². The Kier molecular flexibility index (Phi) is 6.47. The van der Waals surface area contributed by atoms with Gasteiger partial charge in [0, 0.05) is 28.7 Å². The normalized spacial score (nSPS) is 11.8. The van der Waals surface area contributed by atoms with Gasteiger partial charge in [0.25, 0.3) is 11.5 Å². The quantitative estimate of drug-likeness (QED) is 0.401. The van der Waals surface area contributed by atoms with Crippen molar-refractivity contribution in [3.8, 4) is 11.1 Å². The van der Waals surface area contributed by atoms with Gasteiger partial charge >= 0.3 is 5.97 Å². The van der Waals surface area contributed by atoms with Crippen LogP contribution in [-0.4, -0.2) is 22.5 Å². The number of hydrogen-bond acceptors (Lipinski definition) is 4. The maximum Gasteiger partial charge on any atom is 0.356 e. The van der Waals surface area contributed by atoms with Gasteiger partial charge in [0.15, 0.2) is 6.10 Å². The number of pyridine rings is 1. The van der Waals surface area contributed by atoms with Crippen LogP contribution in [0, 0.1) is 5.82 Å². The van der Waals surface area contributed by atoms with E-state index in [0.29, 0.717) is 32.6 Å². The Balaban J connectivity index is 1.73. The Labute approximate surface area is 199 Å². The molecule has 4 rings (SSSR count). The van der Waals surface area contributed by atoms with E-state index in [2.05, 4.69) is 5.32 Å². The van der Waals surface area contributed by atoms with Crippen LogP contribution in [0.15, 0.2) is 77.6 Å². The van der Waals surface area contributed by atoms with Crippen LogP contribution in [0.4, 0.5) is 10.1 Å². The summed E-state index contributed by atoms with van der Waals surface area (Å²) in [6.07, 6.45) is -1.18. The minimum atomic E-state index is -1.18. The molecule has 1 amide bonds. The predicted molar refractivity (Wildman–Crippen MR) is 130 cm³/mol. The fourth-order valence-corrected chi connectivity index (χ4v) is 3.79. The summed E-state index contributed by atoms with van der Waals surface area (Å²) in [5.41, 5.74) is 1.14. The number of esters is 1. The van der Waals surface area contributed by atoms with E-state index in [1.807, 2.05) is 0 Å². The number of nitrogens with one attached hydrogen (secondary N) is 1. The molecular weight excluding hydrogens is 459 g/mol. The van der Waals surface area contributed by atoms with Crippen molar-refractivity contribution >= 4 is 39.9 Å². The average Bonchev–Trinajstić information content (AvgIpc) is 2.83. The molecule has 3 aromatic carbocycles. The Bertz CT molecular complexity index is 1450. The monoisotopic (exact) mass is 478 g/mol. The van der Waals surface area contributed by atoms with Gasteiger partial charge in [0.05, 0.1) is 0 Å². The van der Waals surface area contributed by atoms with E-state index in [0.717, 1.165) is 0 Å². The Morgan fingerprint density at radius 2 is 1.59 bits per heavy atom. The molecule has 0 bridgehead atoms. The fraction of sp³-hybridized carbons (Fsp3) is 0.115. The van der Waals surface area contributed by atoms with Gasteiger partial charge in [0.2, 0.25) is 0 Å². The number of benzene rings is 3. The van der Waals surface area contributed by atoms with Crippen LogP contribution in [0.3, 0.4) is 0 Å². The van der Waals surface area contributed by atoms with Crippen LogP contribution in [0.1, 0.15) is 17.4 Å². The first-order valence-corrected chi connectivity index (χ1v) is 10.8. The van der Waals surface area contributed by atoms with Crippen LogP contribution in [0.5, 0.6) is 0 Å². The number of anilines is 1. The lowest BCUT2D eigenvalue weighted by atomic mass is 9.96. The Morgan fingerprint density at radius 1 is 0.971 bits per heavy atom. The summed E-state index contributed by atoms with van der Waals surface area (Å²) >= 11 is 6.04. The molecule has 0 fully saturated rings. The summed E-state index contributed by atoms with van der Waals surface area (Å²) in [7, 11) is 1.48. The lowest BCUT2D eigenvalue weighted by molar-refractivity contribution is -0.123. The maximum absolute atomic E-state index is 13.3. The SMILES string of the molecule is CC(OC(=O)c1c(-c2ccc(Cl)cc2)c2ccccc2c(=O)n1C)C(=O)Nc1ccc(F)cc1. The van der Waals surface area contributed by atoms with E-state index >= 15 is 0 Å². The van der Waals surface area contributed by atoms with Crippen molar-refractivity contribution in [1.29, 1.82) is 0 Å². The molecule has 1 aromatic heterocycles. The average molecular weight is 479 g/mol. The van der Waals surface area contributed by atoms with Gasteiger partial charge < -0.3 is 14.6 Å². The van der Waals surface area contributed by atoms with Crippen LogP contribution < -0.4 is 10.9 Å². The number of rotatable bonds is 5. The van der Waals surface area contributed by atoms with Crippen molar-refractivity contribution < 1.29 is 18.7 Å². The molecule has 0 saturated heterocycles. The van der Waals surface area contributed by atoms with Crippen molar-refractivity contribution in [2.45, 2.75) is 13.0 Å². The maximum atomic E-state index is 13.3. The van der Waals surface area contributed by atoms with E-state index in [1.54, 1.807) is 48.5 Å². The van der Waals surface area contributed by atoms with Crippen molar-refractivity contribution in [3.63, 3.8) is 0 Å². The highest BCUT2D eigenvalue weighted by Gasteiger charge is 2.26. The molecule has 0 aliphatic rings. The highest BCUT2D eigenvalue weighted by Crippen LogP contribution is 2.32. The Morgan fingerprint density at radius 3 is 2.24 bits per heavy atom. The summed E-state index contributed by atoms with van der Waals surface area (Å²) in [6, 6.07) is 19.0. The molecule has 0 spiro atoms. The van der Waals surface area contributed by atoms with E-state index in [4.69, 9.17) is 16.3 Å². The molecular formula is C26H20ClFN2O4. The van der Waals surface area contributed by atoms with Crippen LogP contribution in [-0.2, 0) is 16.6 Å². The van der Waals surface area contributed by atoms with Crippen LogP contribution >= 0.6 is 11.6 Å². The number of fused-ring (bicyclic) bond motifs is 1. The molecule has 172 valence electrons. The van der Waals surface area contributed by atoms with Gasteiger partial charge in [-0.2, -0.15) is 0 Å². The van der Waals surface area contributed by atoms with E-state index in [9.17, 15) is 18.8 Å². The second-order valence-corrected chi connectivity index (χ2v) is 8.12. The second kappa shape index (κ2) is 9.49. The number of aromatic nitrogens is 1. The topological polar surface area (TPSA) is 77.4 Å². The predicted octanol–water partition coefficient (Wildman–Crippen LogP) is 5.18. The summed E-state index contributed by atoms with van der Waals surface area (Å²) in [5.74, 6) is -1.87. The molecule has 8 heteroatoms. The number of carbonyl (C=O) groups excluding carboxylic acids is 2. The van der Waals surface area contributed by atoms with Gasteiger partial charge in [-0.05, 0) is 60.3 Å². The zero-order valence-electron chi connectivity index (χ0n) is 18.3. The van der Waals surface area contributed by atoms with Crippen molar-refractivity contribution in [2.75, 3.05) is 5.32 Å². The van der Waals surface area contributed by atoms with Crippen molar-refractivity contribution in [2.24, 2.45) is 7.05 Å². The molecule has 34 heavy (non-hydrogen) atoms. The number of ether oxygens (including phenoxy) is 1. The lowest BCUT2D eigenvalue weighted by Crippen LogP contribution is -2.32. The summed E-state index contributed by atoms with van der Waals surface area (Å²) < 4.78 is 19.8. The van der Waals surface area contributed by atoms with Crippen LogP contribution in [0.25, 0.3) is 21.9 Å². The zero-order chi connectivity index (χ0) is 24.4. The molecule has 0 radical (unpaired) electrons. The number of halogens is 2. The number of amides is 1. The molecule has 4 aromatic rings. The van der Waals surface area contributed by atoms with Gasteiger partial charge in [-0.3, -0.25) is 9.59 Å². The minimum absolute atomic E-state index is 0.00690. The summed E-state index contributed by atoms with van der Waals surface area (Å²) in [5, 5.41) is 4.10. The third-order valence-corrected chi connectivity index (χ3v) is 5.65. The first-order chi connectivity index (χ1) is 16.3. The van der Waals surface area contributed by atoms with Crippen molar-refractivity contribution in [1.82, 2.24) is 4.57 Å². The highest BCUT2D eigenvalue weighted by molar-refractivity contribution is 6.30. The molecule has 6 nitrogen and oxygen atoms in total. The number of carbonyl (C=O) groups is 2. The third-order valence-electron chi connectivity index (χ3n) is 5.39. The minimum Gasteiger partial charge on any atom is -0.448 e. The van der Waals surface area contributed by atoms with Gasteiger partial charge in [0.1, 0.15) is 11.5 Å². The van der Waals surface area contributed by atoms with E-state index < -0.39 is 23.8 Å². The molecule has 0 aliphatic carbocycles. The van der Waals surface area contributed by atoms with E-state index in [1.165, 1.54) is 42.8 Å². The molecule has 1 N–H and O–H groups in total. The lowest BCUT2D eigenvalue weighted by Gasteiger charge is -2.19. The smallest absolute Gasteiger partial charge is 0.356 e. The van der Waals surface area contributed by atoms with Gasteiger partial charge in [-0.1, -0.05) is 41.9 Å². The molecule has 1 heterocycles. The van der Waals surface area contributed by atoms with Crippen LogP contribution in [0.2, 0.25) is 5.02 Å².